The highest BCUT2D eigenvalue weighted by atomic mass is 127. The molecule has 1 atom stereocenters. The molecular weight excluding hydrogens is 483 g/mol. The first kappa shape index (κ1) is 24.7. The van der Waals surface area contributed by atoms with Crippen LogP contribution in [0.2, 0.25) is 0 Å². The molecule has 0 fully saturated rings. The van der Waals surface area contributed by atoms with E-state index in [0.717, 1.165) is 25.3 Å². The molecule has 0 amide bonds. The molecule has 0 saturated carbocycles. The maximum Gasteiger partial charge on any atom is 0.274 e. The SMILES string of the molecule is CCNC(=NCc1ccccc1[N+](=O)[O-])NCCC(C)c1ccc(OC)cc1.I. The quantitative estimate of drug-likeness (QED) is 0.170. The molecule has 2 N–H and O–H groups in total. The lowest BCUT2D eigenvalue weighted by Gasteiger charge is -2.15. The number of aliphatic imine (C=N–C) groups is 1. The summed E-state index contributed by atoms with van der Waals surface area (Å²) in [6, 6.07) is 14.8. The summed E-state index contributed by atoms with van der Waals surface area (Å²) >= 11 is 0. The summed E-state index contributed by atoms with van der Waals surface area (Å²) in [5.41, 5.74) is 1.94. The van der Waals surface area contributed by atoms with Crippen LogP contribution < -0.4 is 15.4 Å². The lowest BCUT2D eigenvalue weighted by Crippen LogP contribution is -2.38. The van der Waals surface area contributed by atoms with Crippen LogP contribution in [0.4, 0.5) is 5.69 Å². The second-order valence-electron chi connectivity index (χ2n) is 6.47. The Kier molecular flexibility index (Phi) is 11.0. The van der Waals surface area contributed by atoms with Gasteiger partial charge in [0.15, 0.2) is 5.96 Å². The summed E-state index contributed by atoms with van der Waals surface area (Å²) in [4.78, 5) is 15.3. The minimum Gasteiger partial charge on any atom is -0.497 e. The highest BCUT2D eigenvalue weighted by Crippen LogP contribution is 2.21. The predicted octanol–water partition coefficient (Wildman–Crippen LogP) is 4.47. The van der Waals surface area contributed by atoms with Crippen LogP contribution in [0.3, 0.4) is 0 Å². The average Bonchev–Trinajstić information content (AvgIpc) is 2.72. The van der Waals surface area contributed by atoms with Gasteiger partial charge in [-0.1, -0.05) is 37.3 Å². The normalized spacial score (nSPS) is 11.9. The van der Waals surface area contributed by atoms with E-state index in [2.05, 4.69) is 34.7 Å². The first-order valence-electron chi connectivity index (χ1n) is 9.43. The van der Waals surface area contributed by atoms with Crippen LogP contribution >= 0.6 is 24.0 Å². The average molecular weight is 512 g/mol. The molecule has 0 aliphatic heterocycles. The Labute approximate surface area is 189 Å². The fourth-order valence-corrected chi connectivity index (χ4v) is 2.83. The van der Waals surface area contributed by atoms with Crippen LogP contribution in [0, 0.1) is 10.1 Å². The van der Waals surface area contributed by atoms with Gasteiger partial charge in [0.05, 0.1) is 24.1 Å². The second kappa shape index (κ2) is 13.0. The van der Waals surface area contributed by atoms with E-state index in [1.165, 1.54) is 11.6 Å². The number of ether oxygens (including phenoxy) is 1. The third-order valence-electron chi connectivity index (χ3n) is 4.49. The van der Waals surface area contributed by atoms with Gasteiger partial charge < -0.3 is 15.4 Å². The number of guanidine groups is 1. The molecule has 2 aromatic carbocycles. The maximum atomic E-state index is 11.1. The number of methoxy groups -OCH3 is 1. The van der Waals surface area contributed by atoms with E-state index in [-0.39, 0.29) is 41.1 Å². The molecule has 0 aliphatic carbocycles. The number of para-hydroxylation sites is 1. The number of rotatable bonds is 9. The standard InChI is InChI=1S/C21H28N4O3.HI/c1-4-22-21(24-15-18-7-5-6-8-20(18)25(26)27)23-14-13-16(2)17-9-11-19(28-3)12-10-17;/h5-12,16H,4,13-15H2,1-3H3,(H2,22,23,24);1H. The lowest BCUT2D eigenvalue weighted by atomic mass is 9.98. The van der Waals surface area contributed by atoms with Crippen molar-refractivity contribution in [2.24, 2.45) is 4.99 Å². The number of halogens is 1. The zero-order valence-electron chi connectivity index (χ0n) is 17.1. The van der Waals surface area contributed by atoms with E-state index >= 15 is 0 Å². The van der Waals surface area contributed by atoms with Crippen molar-refractivity contribution in [1.29, 1.82) is 0 Å². The van der Waals surface area contributed by atoms with Crippen molar-refractivity contribution in [3.63, 3.8) is 0 Å². The van der Waals surface area contributed by atoms with Gasteiger partial charge in [-0.05, 0) is 37.0 Å². The van der Waals surface area contributed by atoms with Crippen LogP contribution in [-0.2, 0) is 6.54 Å². The highest BCUT2D eigenvalue weighted by molar-refractivity contribution is 14.0. The number of nitro benzene ring substituents is 1. The predicted molar refractivity (Wildman–Crippen MR) is 127 cm³/mol. The number of benzene rings is 2. The number of hydrogen-bond donors (Lipinski definition) is 2. The molecule has 1 unspecified atom stereocenters. The molecule has 0 bridgehead atoms. The highest BCUT2D eigenvalue weighted by Gasteiger charge is 2.12. The van der Waals surface area contributed by atoms with Gasteiger partial charge in [0, 0.05) is 19.2 Å². The molecule has 0 saturated heterocycles. The molecule has 8 heteroatoms. The summed E-state index contributed by atoms with van der Waals surface area (Å²) in [5.74, 6) is 1.89. The van der Waals surface area contributed by atoms with E-state index in [1.54, 1.807) is 25.3 Å². The molecular formula is C21H29IN4O3. The Morgan fingerprint density at radius 3 is 2.48 bits per heavy atom. The van der Waals surface area contributed by atoms with Crippen LogP contribution in [0.25, 0.3) is 0 Å². The van der Waals surface area contributed by atoms with E-state index in [9.17, 15) is 10.1 Å². The summed E-state index contributed by atoms with van der Waals surface area (Å²) in [5, 5.41) is 17.6. The van der Waals surface area contributed by atoms with Gasteiger partial charge in [-0.15, -0.1) is 24.0 Å². The van der Waals surface area contributed by atoms with Crippen LogP contribution in [0.1, 0.15) is 37.3 Å². The van der Waals surface area contributed by atoms with Gasteiger partial charge in [0.2, 0.25) is 0 Å². The van der Waals surface area contributed by atoms with Crippen LogP contribution in [0.5, 0.6) is 5.75 Å². The molecule has 0 heterocycles. The van der Waals surface area contributed by atoms with Crippen LogP contribution in [-0.4, -0.2) is 31.1 Å². The van der Waals surface area contributed by atoms with Crippen molar-refractivity contribution in [3.05, 3.63) is 69.8 Å². The Hall–Kier alpha value is -2.36. The molecule has 0 aromatic heterocycles. The lowest BCUT2D eigenvalue weighted by molar-refractivity contribution is -0.385. The summed E-state index contributed by atoms with van der Waals surface area (Å²) in [6.07, 6.45) is 0.933. The number of nitrogens with zero attached hydrogens (tertiary/aromatic N) is 2. The molecule has 0 radical (unpaired) electrons. The summed E-state index contributed by atoms with van der Waals surface area (Å²) in [6.45, 7) is 5.89. The van der Waals surface area contributed by atoms with Crippen molar-refractivity contribution in [3.8, 4) is 5.75 Å². The van der Waals surface area contributed by atoms with Crippen LogP contribution in [0.15, 0.2) is 53.5 Å². The van der Waals surface area contributed by atoms with Gasteiger partial charge in [0.1, 0.15) is 5.75 Å². The minimum absolute atomic E-state index is 0. The Balaban J connectivity index is 0.00000420. The van der Waals surface area contributed by atoms with Crippen molar-refractivity contribution in [2.45, 2.75) is 32.7 Å². The topological polar surface area (TPSA) is 88.8 Å². The monoisotopic (exact) mass is 512 g/mol. The van der Waals surface area contributed by atoms with Gasteiger partial charge in [-0.2, -0.15) is 0 Å². The van der Waals surface area contributed by atoms with Crippen molar-refractivity contribution in [2.75, 3.05) is 20.2 Å². The molecule has 29 heavy (non-hydrogen) atoms. The molecule has 7 nitrogen and oxygen atoms in total. The van der Waals surface area contributed by atoms with Gasteiger partial charge in [-0.25, -0.2) is 4.99 Å². The smallest absolute Gasteiger partial charge is 0.274 e. The Bertz CT molecular complexity index is 797. The fraction of sp³-hybridized carbons (Fsp3) is 0.381. The summed E-state index contributed by atoms with van der Waals surface area (Å²) in [7, 11) is 1.66. The molecule has 2 aromatic rings. The Morgan fingerprint density at radius 1 is 1.17 bits per heavy atom. The summed E-state index contributed by atoms with van der Waals surface area (Å²) < 4.78 is 5.20. The van der Waals surface area contributed by atoms with Crippen molar-refractivity contribution in [1.82, 2.24) is 10.6 Å². The minimum atomic E-state index is -0.373. The molecule has 0 aliphatic rings. The van der Waals surface area contributed by atoms with Crippen molar-refractivity contribution >= 4 is 35.6 Å². The van der Waals surface area contributed by atoms with Gasteiger partial charge >= 0.3 is 0 Å². The fourth-order valence-electron chi connectivity index (χ4n) is 2.83. The number of nitrogens with one attached hydrogen (secondary N) is 2. The number of hydrogen-bond acceptors (Lipinski definition) is 4. The zero-order valence-corrected chi connectivity index (χ0v) is 19.4. The van der Waals surface area contributed by atoms with Gasteiger partial charge in [-0.3, -0.25) is 10.1 Å². The molecule has 0 spiro atoms. The second-order valence-corrected chi connectivity index (χ2v) is 6.47. The van der Waals surface area contributed by atoms with E-state index < -0.39 is 0 Å². The molecule has 2 rings (SSSR count). The van der Waals surface area contributed by atoms with Crippen molar-refractivity contribution < 1.29 is 9.66 Å². The molecule has 158 valence electrons. The zero-order chi connectivity index (χ0) is 20.4. The van der Waals surface area contributed by atoms with E-state index in [1.807, 2.05) is 19.1 Å². The van der Waals surface area contributed by atoms with E-state index in [4.69, 9.17) is 4.74 Å². The Morgan fingerprint density at radius 2 is 1.86 bits per heavy atom. The largest absolute Gasteiger partial charge is 0.497 e. The first-order chi connectivity index (χ1) is 13.5. The maximum absolute atomic E-state index is 11.1. The number of nitro groups is 1. The van der Waals surface area contributed by atoms with E-state index in [0.29, 0.717) is 17.4 Å². The first-order valence-corrected chi connectivity index (χ1v) is 9.43. The third kappa shape index (κ3) is 7.88. The third-order valence-corrected chi connectivity index (χ3v) is 4.49. The van der Waals surface area contributed by atoms with Gasteiger partial charge in [0.25, 0.3) is 5.69 Å².